The Hall–Kier alpha value is -3.06. The topological polar surface area (TPSA) is 64.0 Å². The Labute approximate surface area is 170 Å². The minimum Gasteiger partial charge on any atom is -0.302 e. The summed E-state index contributed by atoms with van der Waals surface area (Å²) >= 11 is 1.38. The summed E-state index contributed by atoms with van der Waals surface area (Å²) in [7, 11) is 0. The SMILES string of the molecule is CC(=O)n1ccc2c(-c3ccc4nc(NC(=O)[C@@H]5CC5F)sc4c3)c(C)ccc21. The molecule has 4 aromatic rings. The molecule has 1 unspecified atom stereocenters. The second-order valence-electron chi connectivity index (χ2n) is 7.44. The Kier molecular flexibility index (Phi) is 4.03. The largest absolute Gasteiger partial charge is 0.302 e. The van der Waals surface area contributed by atoms with Crippen LogP contribution in [-0.2, 0) is 4.79 Å². The number of carbonyl (C=O) groups is 2. The van der Waals surface area contributed by atoms with Gasteiger partial charge in [0.25, 0.3) is 0 Å². The highest BCUT2D eigenvalue weighted by Gasteiger charge is 2.43. The number of nitrogens with zero attached hydrogens (tertiary/aromatic N) is 2. The third-order valence-corrected chi connectivity index (χ3v) is 6.31. The van der Waals surface area contributed by atoms with Crippen LogP contribution in [0.5, 0.6) is 0 Å². The molecule has 146 valence electrons. The van der Waals surface area contributed by atoms with Gasteiger partial charge in [0.15, 0.2) is 5.13 Å². The van der Waals surface area contributed by atoms with E-state index in [1.807, 2.05) is 43.3 Å². The molecule has 5 nitrogen and oxygen atoms in total. The minimum absolute atomic E-state index is 0.0284. The summed E-state index contributed by atoms with van der Waals surface area (Å²) in [5.41, 5.74) is 4.86. The molecule has 29 heavy (non-hydrogen) atoms. The summed E-state index contributed by atoms with van der Waals surface area (Å²) in [5.74, 6) is -0.870. The zero-order valence-corrected chi connectivity index (χ0v) is 16.7. The number of benzene rings is 2. The number of nitrogens with one attached hydrogen (secondary N) is 1. The molecule has 0 spiro atoms. The molecule has 5 rings (SSSR count). The lowest BCUT2D eigenvalue weighted by atomic mass is 9.97. The lowest BCUT2D eigenvalue weighted by molar-refractivity contribution is -0.117. The van der Waals surface area contributed by atoms with E-state index in [-0.39, 0.29) is 11.8 Å². The normalized spacial score (nSPS) is 18.3. The summed E-state index contributed by atoms with van der Waals surface area (Å²) in [6.45, 7) is 3.59. The van der Waals surface area contributed by atoms with Gasteiger partial charge in [-0.25, -0.2) is 9.37 Å². The van der Waals surface area contributed by atoms with E-state index in [1.165, 1.54) is 11.3 Å². The van der Waals surface area contributed by atoms with Crippen LogP contribution in [0.3, 0.4) is 0 Å². The van der Waals surface area contributed by atoms with E-state index in [9.17, 15) is 14.0 Å². The highest BCUT2D eigenvalue weighted by Crippen LogP contribution is 2.38. The number of halogens is 1. The molecule has 1 amide bonds. The maximum absolute atomic E-state index is 13.1. The van der Waals surface area contributed by atoms with Gasteiger partial charge in [0.2, 0.25) is 11.8 Å². The average Bonchev–Trinajstić information content (AvgIpc) is 3.09. The third-order valence-electron chi connectivity index (χ3n) is 5.38. The fourth-order valence-electron chi connectivity index (χ4n) is 3.75. The van der Waals surface area contributed by atoms with Crippen LogP contribution in [-0.4, -0.2) is 27.5 Å². The molecule has 1 fully saturated rings. The molecular formula is C22H18FN3O2S. The van der Waals surface area contributed by atoms with Gasteiger partial charge in [-0.2, -0.15) is 0 Å². The van der Waals surface area contributed by atoms with Crippen LogP contribution in [0.15, 0.2) is 42.6 Å². The van der Waals surface area contributed by atoms with Gasteiger partial charge in [0.05, 0.1) is 21.7 Å². The van der Waals surface area contributed by atoms with Crippen molar-refractivity contribution < 1.29 is 14.0 Å². The van der Waals surface area contributed by atoms with Crippen molar-refractivity contribution in [1.29, 1.82) is 0 Å². The Morgan fingerprint density at radius 2 is 2.03 bits per heavy atom. The Morgan fingerprint density at radius 1 is 1.24 bits per heavy atom. The van der Waals surface area contributed by atoms with Crippen LogP contribution >= 0.6 is 11.3 Å². The second-order valence-corrected chi connectivity index (χ2v) is 8.47. The standard InChI is InChI=1S/C22H18FN3O2S/c1-11-3-6-18-14(7-8-26(18)12(2)27)20(11)13-4-5-17-19(9-13)29-22(24-17)25-21(28)15-10-16(15)23/h3-9,15-16H,10H2,1-2H3,(H,24,25,28)/t15-,16?/m1/s1. The van der Waals surface area contributed by atoms with Gasteiger partial charge < -0.3 is 5.32 Å². The predicted octanol–water partition coefficient (Wildman–Crippen LogP) is 5.18. The molecule has 2 aromatic heterocycles. The molecule has 2 aromatic carbocycles. The first-order valence-electron chi connectivity index (χ1n) is 9.40. The number of thiazole rings is 1. The smallest absolute Gasteiger partial charge is 0.232 e. The van der Waals surface area contributed by atoms with E-state index < -0.39 is 12.1 Å². The van der Waals surface area contributed by atoms with Gasteiger partial charge in [0.1, 0.15) is 6.17 Å². The van der Waals surface area contributed by atoms with Crippen molar-refractivity contribution in [2.45, 2.75) is 26.4 Å². The zero-order chi connectivity index (χ0) is 20.3. The highest BCUT2D eigenvalue weighted by molar-refractivity contribution is 7.22. The summed E-state index contributed by atoms with van der Waals surface area (Å²) in [6.07, 6.45) is 1.07. The summed E-state index contributed by atoms with van der Waals surface area (Å²) in [5, 5.41) is 4.23. The van der Waals surface area contributed by atoms with E-state index in [1.54, 1.807) is 17.7 Å². The molecule has 1 saturated carbocycles. The maximum Gasteiger partial charge on any atom is 0.232 e. The Balaban J connectivity index is 1.56. The van der Waals surface area contributed by atoms with Crippen molar-refractivity contribution in [3.8, 4) is 11.1 Å². The van der Waals surface area contributed by atoms with E-state index in [4.69, 9.17) is 0 Å². The molecule has 1 N–H and O–H groups in total. The number of alkyl halides is 1. The molecule has 1 aliphatic carbocycles. The molecule has 2 heterocycles. The van der Waals surface area contributed by atoms with E-state index in [0.717, 1.165) is 37.8 Å². The van der Waals surface area contributed by atoms with E-state index in [2.05, 4.69) is 10.3 Å². The number of fused-ring (bicyclic) bond motifs is 2. The summed E-state index contributed by atoms with van der Waals surface area (Å²) < 4.78 is 15.7. The van der Waals surface area contributed by atoms with Crippen molar-refractivity contribution >= 4 is 49.4 Å². The van der Waals surface area contributed by atoms with Crippen LogP contribution < -0.4 is 5.32 Å². The van der Waals surface area contributed by atoms with Gasteiger partial charge >= 0.3 is 0 Å². The molecule has 0 radical (unpaired) electrons. The van der Waals surface area contributed by atoms with Crippen molar-refractivity contribution in [3.05, 3.63) is 48.2 Å². The van der Waals surface area contributed by atoms with Gasteiger partial charge in [-0.1, -0.05) is 23.5 Å². The van der Waals surface area contributed by atoms with E-state index in [0.29, 0.717) is 11.6 Å². The first-order chi connectivity index (χ1) is 13.9. The number of hydrogen-bond acceptors (Lipinski definition) is 4. The minimum atomic E-state index is -1.03. The summed E-state index contributed by atoms with van der Waals surface area (Å²) in [4.78, 5) is 28.3. The van der Waals surface area contributed by atoms with Crippen molar-refractivity contribution in [1.82, 2.24) is 9.55 Å². The molecule has 0 saturated heterocycles. The second kappa shape index (κ2) is 6.49. The lowest BCUT2D eigenvalue weighted by Crippen LogP contribution is -2.14. The Morgan fingerprint density at radius 3 is 2.76 bits per heavy atom. The Bertz CT molecular complexity index is 1310. The number of aryl methyl sites for hydroxylation is 1. The lowest BCUT2D eigenvalue weighted by Gasteiger charge is -2.09. The summed E-state index contributed by atoms with van der Waals surface area (Å²) in [6, 6.07) is 11.9. The van der Waals surface area contributed by atoms with Gasteiger partial charge in [0, 0.05) is 18.5 Å². The van der Waals surface area contributed by atoms with Gasteiger partial charge in [-0.3, -0.25) is 14.2 Å². The molecule has 2 atom stereocenters. The molecule has 7 heteroatoms. The predicted molar refractivity (Wildman–Crippen MR) is 113 cm³/mol. The fraction of sp³-hybridized carbons (Fsp3) is 0.227. The van der Waals surface area contributed by atoms with E-state index >= 15 is 0 Å². The van der Waals surface area contributed by atoms with Crippen molar-refractivity contribution in [2.24, 2.45) is 5.92 Å². The van der Waals surface area contributed by atoms with Crippen molar-refractivity contribution in [3.63, 3.8) is 0 Å². The first kappa shape index (κ1) is 18.0. The van der Waals surface area contributed by atoms with Crippen LogP contribution in [0, 0.1) is 12.8 Å². The van der Waals surface area contributed by atoms with Gasteiger partial charge in [-0.15, -0.1) is 0 Å². The molecule has 1 aliphatic rings. The van der Waals surface area contributed by atoms with Crippen molar-refractivity contribution in [2.75, 3.05) is 5.32 Å². The fourth-order valence-corrected chi connectivity index (χ4v) is 4.66. The number of rotatable bonds is 3. The number of anilines is 1. The number of carbonyl (C=O) groups excluding carboxylic acids is 2. The van der Waals surface area contributed by atoms with Crippen LogP contribution in [0.1, 0.15) is 23.7 Å². The average molecular weight is 407 g/mol. The van der Waals surface area contributed by atoms with Crippen LogP contribution in [0.4, 0.5) is 9.52 Å². The number of hydrogen-bond donors (Lipinski definition) is 1. The van der Waals surface area contributed by atoms with Gasteiger partial charge in [-0.05, 0) is 54.3 Å². The van der Waals surface area contributed by atoms with Crippen LogP contribution in [0.25, 0.3) is 32.2 Å². The maximum atomic E-state index is 13.1. The molecule has 0 bridgehead atoms. The number of amides is 1. The molecular weight excluding hydrogens is 389 g/mol. The number of aromatic nitrogens is 2. The molecule has 0 aliphatic heterocycles. The monoisotopic (exact) mass is 407 g/mol. The highest BCUT2D eigenvalue weighted by atomic mass is 32.1. The first-order valence-corrected chi connectivity index (χ1v) is 10.2. The third kappa shape index (κ3) is 3.02. The quantitative estimate of drug-likeness (QED) is 0.509. The zero-order valence-electron chi connectivity index (χ0n) is 15.9. The van der Waals surface area contributed by atoms with Crippen LogP contribution in [0.2, 0.25) is 0 Å².